The van der Waals surface area contributed by atoms with E-state index in [1.165, 1.54) is 0 Å². The summed E-state index contributed by atoms with van der Waals surface area (Å²) in [6.45, 7) is 5.25. The molecule has 2 rings (SSSR count). The zero-order valence-corrected chi connectivity index (χ0v) is 11.9. The summed E-state index contributed by atoms with van der Waals surface area (Å²) in [4.78, 5) is 16.6. The Hall–Kier alpha value is -1.42. The lowest BCUT2D eigenvalue weighted by molar-refractivity contribution is -0.126. The Kier molecular flexibility index (Phi) is 4.53. The van der Waals surface area contributed by atoms with E-state index in [4.69, 9.17) is 9.47 Å². The van der Waals surface area contributed by atoms with Gasteiger partial charge in [0.25, 0.3) is 0 Å². The maximum Gasteiger partial charge on any atom is 0.144 e. The lowest BCUT2D eigenvalue weighted by Gasteiger charge is -2.21. The molecule has 0 N–H and O–H groups in total. The van der Waals surface area contributed by atoms with Gasteiger partial charge in [0.15, 0.2) is 0 Å². The summed E-state index contributed by atoms with van der Waals surface area (Å²) in [7, 11) is 1.65. The zero-order valence-electron chi connectivity index (χ0n) is 11.9. The van der Waals surface area contributed by atoms with Crippen molar-refractivity contribution in [1.82, 2.24) is 4.98 Å². The summed E-state index contributed by atoms with van der Waals surface area (Å²) in [6.07, 6.45) is 4.04. The molecular formula is C15H21NO3. The van der Waals surface area contributed by atoms with Gasteiger partial charge < -0.3 is 9.47 Å². The number of aromatic nitrogens is 1. The van der Waals surface area contributed by atoms with Crippen LogP contribution in [-0.4, -0.2) is 31.1 Å². The molecular weight excluding hydrogens is 242 g/mol. The average molecular weight is 263 g/mol. The SMILES string of the molecule is COc1c(C)cnc(CC(=O)C2CCCOC2)c1C. The van der Waals surface area contributed by atoms with E-state index in [-0.39, 0.29) is 11.7 Å². The van der Waals surface area contributed by atoms with Crippen LogP contribution in [0.4, 0.5) is 0 Å². The van der Waals surface area contributed by atoms with Gasteiger partial charge >= 0.3 is 0 Å². The highest BCUT2D eigenvalue weighted by Crippen LogP contribution is 2.25. The molecule has 1 atom stereocenters. The maximum atomic E-state index is 12.2. The molecule has 104 valence electrons. The van der Waals surface area contributed by atoms with E-state index in [1.807, 2.05) is 13.8 Å². The standard InChI is InChI=1S/C15H21NO3/c1-10-8-16-13(11(2)15(10)18-3)7-14(17)12-5-4-6-19-9-12/h8,12H,4-7,9H2,1-3H3. The summed E-state index contributed by atoms with van der Waals surface area (Å²) < 4.78 is 10.7. The highest BCUT2D eigenvalue weighted by Gasteiger charge is 2.23. The van der Waals surface area contributed by atoms with Crippen LogP contribution in [0.15, 0.2) is 6.20 Å². The number of ether oxygens (including phenoxy) is 2. The van der Waals surface area contributed by atoms with Crippen LogP contribution in [0.25, 0.3) is 0 Å². The lowest BCUT2D eigenvalue weighted by atomic mass is 9.93. The molecule has 2 heterocycles. The average Bonchev–Trinajstić information content (AvgIpc) is 2.43. The monoisotopic (exact) mass is 263 g/mol. The molecule has 0 amide bonds. The van der Waals surface area contributed by atoms with Gasteiger partial charge in [0.05, 0.1) is 19.4 Å². The van der Waals surface area contributed by atoms with Crippen LogP contribution in [0.3, 0.4) is 0 Å². The molecule has 0 aromatic carbocycles. The number of carbonyl (C=O) groups is 1. The molecule has 0 aliphatic carbocycles. The van der Waals surface area contributed by atoms with E-state index in [1.54, 1.807) is 13.3 Å². The van der Waals surface area contributed by atoms with Gasteiger partial charge in [0.2, 0.25) is 0 Å². The number of hydrogen-bond donors (Lipinski definition) is 0. The highest BCUT2D eigenvalue weighted by atomic mass is 16.5. The molecule has 1 aliphatic rings. The maximum absolute atomic E-state index is 12.2. The largest absolute Gasteiger partial charge is 0.496 e. The van der Waals surface area contributed by atoms with Crippen molar-refractivity contribution in [3.05, 3.63) is 23.0 Å². The number of rotatable bonds is 4. The van der Waals surface area contributed by atoms with Crippen molar-refractivity contribution >= 4 is 5.78 Å². The summed E-state index contributed by atoms with van der Waals surface area (Å²) in [6, 6.07) is 0. The van der Waals surface area contributed by atoms with E-state index in [2.05, 4.69) is 4.98 Å². The molecule has 0 saturated carbocycles. The van der Waals surface area contributed by atoms with Crippen LogP contribution >= 0.6 is 0 Å². The second kappa shape index (κ2) is 6.15. The fourth-order valence-electron chi connectivity index (χ4n) is 2.55. The second-order valence-corrected chi connectivity index (χ2v) is 5.10. The van der Waals surface area contributed by atoms with Crippen LogP contribution < -0.4 is 4.74 Å². The van der Waals surface area contributed by atoms with Crippen LogP contribution in [0, 0.1) is 19.8 Å². The third kappa shape index (κ3) is 3.13. The van der Waals surface area contributed by atoms with Gasteiger partial charge in [-0.05, 0) is 26.7 Å². The van der Waals surface area contributed by atoms with Gasteiger partial charge in [-0.25, -0.2) is 0 Å². The number of carbonyl (C=O) groups excluding carboxylic acids is 1. The van der Waals surface area contributed by atoms with E-state index < -0.39 is 0 Å². The first-order valence-corrected chi connectivity index (χ1v) is 6.73. The molecule has 0 spiro atoms. The van der Waals surface area contributed by atoms with Gasteiger partial charge in [-0.15, -0.1) is 0 Å². The van der Waals surface area contributed by atoms with Crippen LogP contribution in [0.2, 0.25) is 0 Å². The van der Waals surface area contributed by atoms with Gasteiger partial charge in [0, 0.05) is 36.3 Å². The minimum absolute atomic E-state index is 0.0299. The number of pyridine rings is 1. The fourth-order valence-corrected chi connectivity index (χ4v) is 2.55. The normalized spacial score (nSPS) is 19.2. The molecule has 1 saturated heterocycles. The molecule has 1 fully saturated rings. The van der Waals surface area contributed by atoms with Crippen molar-refractivity contribution in [2.45, 2.75) is 33.1 Å². The quantitative estimate of drug-likeness (QED) is 0.836. The Morgan fingerprint density at radius 3 is 2.95 bits per heavy atom. The molecule has 0 radical (unpaired) electrons. The summed E-state index contributed by atoms with van der Waals surface area (Å²) >= 11 is 0. The molecule has 1 aromatic heterocycles. The van der Waals surface area contributed by atoms with Crippen molar-refractivity contribution in [3.8, 4) is 5.75 Å². The van der Waals surface area contributed by atoms with E-state index >= 15 is 0 Å². The molecule has 1 aromatic rings. The van der Waals surface area contributed by atoms with Gasteiger partial charge in [-0.2, -0.15) is 0 Å². The molecule has 0 bridgehead atoms. The number of Topliss-reactive ketones (excluding diaryl/α,β-unsaturated/α-hetero) is 1. The Morgan fingerprint density at radius 2 is 2.32 bits per heavy atom. The number of ketones is 1. The van der Waals surface area contributed by atoms with E-state index in [9.17, 15) is 4.79 Å². The number of nitrogens with zero attached hydrogens (tertiary/aromatic N) is 1. The van der Waals surface area contributed by atoms with Crippen LogP contribution in [0.1, 0.15) is 29.7 Å². The Morgan fingerprint density at radius 1 is 1.53 bits per heavy atom. The number of hydrogen-bond acceptors (Lipinski definition) is 4. The fraction of sp³-hybridized carbons (Fsp3) is 0.600. The molecule has 4 heteroatoms. The van der Waals surface area contributed by atoms with E-state index in [0.29, 0.717) is 13.0 Å². The molecule has 1 unspecified atom stereocenters. The minimum atomic E-state index is 0.0299. The smallest absolute Gasteiger partial charge is 0.144 e. The molecule has 19 heavy (non-hydrogen) atoms. The first kappa shape index (κ1) is 14.0. The predicted octanol–water partition coefficient (Wildman–Crippen LogP) is 2.25. The zero-order chi connectivity index (χ0) is 13.8. The first-order chi connectivity index (χ1) is 9.13. The Balaban J connectivity index is 2.12. The predicted molar refractivity (Wildman–Crippen MR) is 72.5 cm³/mol. The third-order valence-corrected chi connectivity index (χ3v) is 3.71. The molecule has 4 nitrogen and oxygen atoms in total. The van der Waals surface area contributed by atoms with Crippen LogP contribution in [0.5, 0.6) is 5.75 Å². The number of methoxy groups -OCH3 is 1. The topological polar surface area (TPSA) is 48.4 Å². The number of aryl methyl sites for hydroxylation is 1. The van der Waals surface area contributed by atoms with Gasteiger partial charge in [-0.1, -0.05) is 0 Å². The van der Waals surface area contributed by atoms with Crippen molar-refractivity contribution in [3.63, 3.8) is 0 Å². The summed E-state index contributed by atoms with van der Waals surface area (Å²) in [5.41, 5.74) is 2.78. The minimum Gasteiger partial charge on any atom is -0.496 e. The van der Waals surface area contributed by atoms with Crippen molar-refractivity contribution in [2.24, 2.45) is 5.92 Å². The Bertz CT molecular complexity index is 465. The molecule has 1 aliphatic heterocycles. The highest BCUT2D eigenvalue weighted by molar-refractivity contribution is 5.83. The summed E-state index contributed by atoms with van der Waals surface area (Å²) in [5, 5.41) is 0. The van der Waals surface area contributed by atoms with Crippen molar-refractivity contribution in [2.75, 3.05) is 20.3 Å². The summed E-state index contributed by atoms with van der Waals surface area (Å²) in [5.74, 6) is 1.08. The van der Waals surface area contributed by atoms with Gasteiger partial charge in [-0.3, -0.25) is 9.78 Å². The third-order valence-electron chi connectivity index (χ3n) is 3.71. The second-order valence-electron chi connectivity index (χ2n) is 5.10. The lowest BCUT2D eigenvalue weighted by Crippen LogP contribution is -2.27. The Labute approximate surface area is 114 Å². The van der Waals surface area contributed by atoms with Crippen LogP contribution in [-0.2, 0) is 16.0 Å². The van der Waals surface area contributed by atoms with E-state index in [0.717, 1.165) is 42.0 Å². The van der Waals surface area contributed by atoms with Gasteiger partial charge in [0.1, 0.15) is 11.5 Å². The first-order valence-electron chi connectivity index (χ1n) is 6.73. The van der Waals surface area contributed by atoms with Crippen molar-refractivity contribution in [1.29, 1.82) is 0 Å². The van der Waals surface area contributed by atoms with Crippen molar-refractivity contribution < 1.29 is 14.3 Å².